The number of nitrogens with zero attached hydrogens (tertiary/aromatic N) is 3. The van der Waals surface area contributed by atoms with Gasteiger partial charge in [0.05, 0.1) is 30.7 Å². The molecular weight excluding hydrogens is 344 g/mol. The molecule has 7 nitrogen and oxygen atoms in total. The third-order valence-electron chi connectivity index (χ3n) is 6.11. The van der Waals surface area contributed by atoms with Crippen molar-refractivity contribution in [2.75, 3.05) is 26.7 Å². The number of carbonyl (C=O) groups excluding carboxylic acids is 2. The highest BCUT2D eigenvalue weighted by Crippen LogP contribution is 2.52. The highest BCUT2D eigenvalue weighted by molar-refractivity contribution is 5.93. The number of hydrogen-bond acceptors (Lipinski definition) is 4. The second-order valence-corrected chi connectivity index (χ2v) is 8.46. The monoisotopic (exact) mass is 372 g/mol. The van der Waals surface area contributed by atoms with E-state index in [1.54, 1.807) is 18.1 Å². The van der Waals surface area contributed by atoms with Crippen LogP contribution in [-0.2, 0) is 20.7 Å². The largest absolute Gasteiger partial charge is 0.360 e. The predicted octanol–water partition coefficient (Wildman–Crippen LogP) is 1.24. The van der Waals surface area contributed by atoms with Gasteiger partial charge in [0, 0.05) is 26.3 Å². The summed E-state index contributed by atoms with van der Waals surface area (Å²) in [6.07, 6.45) is 9.01. The van der Waals surface area contributed by atoms with Gasteiger partial charge in [0.15, 0.2) is 0 Å². The van der Waals surface area contributed by atoms with E-state index in [0.717, 1.165) is 24.9 Å². The van der Waals surface area contributed by atoms with Crippen LogP contribution < -0.4 is 0 Å². The van der Waals surface area contributed by atoms with Crippen LogP contribution in [0.2, 0.25) is 0 Å². The molecule has 1 aromatic heterocycles. The van der Waals surface area contributed by atoms with Gasteiger partial charge in [-0.25, -0.2) is 0 Å². The first-order valence-corrected chi connectivity index (χ1v) is 9.80. The summed E-state index contributed by atoms with van der Waals surface area (Å²) in [7, 11) is 1.81. The van der Waals surface area contributed by atoms with Gasteiger partial charge >= 0.3 is 0 Å². The van der Waals surface area contributed by atoms with Crippen molar-refractivity contribution in [3.8, 4) is 0 Å². The molecule has 1 aromatic rings. The minimum absolute atomic E-state index is 0.00113. The van der Waals surface area contributed by atoms with Crippen LogP contribution in [0.4, 0.5) is 0 Å². The molecule has 4 heterocycles. The van der Waals surface area contributed by atoms with Crippen LogP contribution in [0, 0.1) is 17.8 Å². The van der Waals surface area contributed by atoms with Crippen LogP contribution in [0.1, 0.15) is 25.8 Å². The van der Waals surface area contributed by atoms with E-state index < -0.39 is 11.5 Å². The van der Waals surface area contributed by atoms with E-state index in [1.165, 1.54) is 0 Å². The van der Waals surface area contributed by atoms with Gasteiger partial charge in [0.25, 0.3) is 0 Å². The summed E-state index contributed by atoms with van der Waals surface area (Å²) in [5.74, 6) is -0.192. The van der Waals surface area contributed by atoms with Crippen LogP contribution in [0.3, 0.4) is 0 Å². The summed E-state index contributed by atoms with van der Waals surface area (Å²) in [6.45, 7) is 6.20. The Labute approximate surface area is 159 Å². The van der Waals surface area contributed by atoms with Gasteiger partial charge in [-0.3, -0.25) is 14.7 Å². The maximum Gasteiger partial charge on any atom is 0.230 e. The SMILES string of the molecule is CC(C)CCN1C[C@]23C=C[C@H](O2)[C@H](C(=O)N(C)CCc2cn[nH]c2)[C@H]3C1=O. The average molecular weight is 372 g/mol. The Morgan fingerprint density at radius 2 is 2.33 bits per heavy atom. The highest BCUT2D eigenvalue weighted by Gasteiger charge is 2.66. The number of likely N-dealkylation sites (N-methyl/N-ethyl adjacent to an activating group) is 1. The molecule has 0 aromatic carbocycles. The molecule has 27 heavy (non-hydrogen) atoms. The number of aromatic nitrogens is 2. The molecule has 1 N–H and O–H groups in total. The second kappa shape index (κ2) is 6.78. The summed E-state index contributed by atoms with van der Waals surface area (Å²) >= 11 is 0. The summed E-state index contributed by atoms with van der Waals surface area (Å²) in [5.41, 5.74) is 0.455. The first kappa shape index (κ1) is 18.2. The summed E-state index contributed by atoms with van der Waals surface area (Å²) in [4.78, 5) is 29.9. The Kier molecular flexibility index (Phi) is 4.58. The van der Waals surface area contributed by atoms with E-state index in [1.807, 2.05) is 23.2 Å². The van der Waals surface area contributed by atoms with Crippen LogP contribution >= 0.6 is 0 Å². The van der Waals surface area contributed by atoms with Gasteiger partial charge in [-0.15, -0.1) is 0 Å². The fourth-order valence-corrected chi connectivity index (χ4v) is 4.54. The number of H-pyrrole nitrogens is 1. The lowest BCUT2D eigenvalue weighted by atomic mass is 9.76. The van der Waals surface area contributed by atoms with Crippen molar-refractivity contribution < 1.29 is 14.3 Å². The molecule has 0 aliphatic carbocycles. The average Bonchev–Trinajstić information content (AvgIpc) is 3.39. The van der Waals surface area contributed by atoms with Crippen molar-refractivity contribution in [3.05, 3.63) is 30.1 Å². The standard InChI is InChI=1S/C20H28N4O3/c1-13(2)5-9-24-12-20-7-4-15(27-20)16(17(20)19(24)26)18(25)23(3)8-6-14-10-21-22-11-14/h4,7,10-11,13,15-17H,5-6,8-9,12H2,1-3H3,(H,21,22)/t15-,16-,17-,20-/m0/s1. The van der Waals surface area contributed by atoms with Crippen molar-refractivity contribution >= 4 is 11.8 Å². The second-order valence-electron chi connectivity index (χ2n) is 8.46. The Balaban J connectivity index is 1.46. The molecule has 146 valence electrons. The number of amides is 2. The van der Waals surface area contributed by atoms with Gasteiger partial charge in [-0.05, 0) is 24.3 Å². The van der Waals surface area contributed by atoms with Crippen molar-refractivity contribution in [3.63, 3.8) is 0 Å². The van der Waals surface area contributed by atoms with E-state index in [0.29, 0.717) is 19.0 Å². The molecule has 2 bridgehead atoms. The van der Waals surface area contributed by atoms with Crippen LogP contribution in [-0.4, -0.2) is 70.2 Å². The van der Waals surface area contributed by atoms with E-state index in [4.69, 9.17) is 4.74 Å². The Hall–Kier alpha value is -2.15. The zero-order valence-corrected chi connectivity index (χ0v) is 16.2. The summed E-state index contributed by atoms with van der Waals surface area (Å²) in [6, 6.07) is 0. The molecule has 0 radical (unpaired) electrons. The number of carbonyl (C=O) groups is 2. The Morgan fingerprint density at radius 1 is 1.52 bits per heavy atom. The molecule has 4 atom stereocenters. The van der Waals surface area contributed by atoms with Crippen molar-refractivity contribution in [2.24, 2.45) is 17.8 Å². The van der Waals surface area contributed by atoms with E-state index >= 15 is 0 Å². The Bertz CT molecular complexity index is 744. The van der Waals surface area contributed by atoms with Crippen molar-refractivity contribution in [2.45, 2.75) is 38.4 Å². The molecule has 0 saturated carbocycles. The quantitative estimate of drug-likeness (QED) is 0.731. The van der Waals surface area contributed by atoms with E-state index in [2.05, 4.69) is 24.0 Å². The van der Waals surface area contributed by atoms with Crippen LogP contribution in [0.5, 0.6) is 0 Å². The summed E-state index contributed by atoms with van der Waals surface area (Å²) in [5, 5.41) is 6.72. The normalized spacial score (nSPS) is 31.2. The van der Waals surface area contributed by atoms with Gasteiger partial charge in [-0.1, -0.05) is 26.0 Å². The number of hydrogen-bond donors (Lipinski definition) is 1. The molecule has 0 unspecified atom stereocenters. The lowest BCUT2D eigenvalue weighted by molar-refractivity contribution is -0.142. The molecule has 2 saturated heterocycles. The maximum atomic E-state index is 13.2. The fraction of sp³-hybridized carbons (Fsp3) is 0.650. The smallest absolute Gasteiger partial charge is 0.230 e. The number of likely N-dealkylation sites (tertiary alicyclic amines) is 1. The van der Waals surface area contributed by atoms with Gasteiger partial charge in [-0.2, -0.15) is 5.10 Å². The molecule has 7 heteroatoms. The fourth-order valence-electron chi connectivity index (χ4n) is 4.54. The number of nitrogens with one attached hydrogen (secondary N) is 1. The Morgan fingerprint density at radius 3 is 3.04 bits per heavy atom. The van der Waals surface area contributed by atoms with Gasteiger partial charge in [0.1, 0.15) is 5.60 Å². The third-order valence-corrected chi connectivity index (χ3v) is 6.11. The predicted molar refractivity (Wildman–Crippen MR) is 99.7 cm³/mol. The molecule has 3 aliphatic heterocycles. The molecular formula is C20H28N4O3. The first-order chi connectivity index (χ1) is 12.9. The molecule has 2 amide bonds. The molecule has 1 spiro atoms. The minimum Gasteiger partial charge on any atom is -0.360 e. The maximum absolute atomic E-state index is 13.2. The van der Waals surface area contributed by atoms with Crippen LogP contribution in [0.15, 0.2) is 24.5 Å². The number of aromatic amines is 1. The van der Waals surface area contributed by atoms with Crippen molar-refractivity contribution in [1.29, 1.82) is 0 Å². The lowest BCUT2D eigenvalue weighted by Crippen LogP contribution is -2.45. The zero-order chi connectivity index (χ0) is 19.2. The molecule has 2 fully saturated rings. The zero-order valence-electron chi connectivity index (χ0n) is 16.2. The van der Waals surface area contributed by atoms with Gasteiger partial charge in [0.2, 0.25) is 11.8 Å². The summed E-state index contributed by atoms with van der Waals surface area (Å²) < 4.78 is 6.19. The van der Waals surface area contributed by atoms with Crippen molar-refractivity contribution in [1.82, 2.24) is 20.0 Å². The van der Waals surface area contributed by atoms with Gasteiger partial charge < -0.3 is 14.5 Å². The molecule has 4 rings (SSSR count). The highest BCUT2D eigenvalue weighted by atomic mass is 16.5. The third kappa shape index (κ3) is 3.08. The first-order valence-electron chi connectivity index (χ1n) is 9.80. The number of rotatable bonds is 7. The number of fused-ring (bicyclic) bond motifs is 1. The number of ether oxygens (including phenoxy) is 1. The van der Waals surface area contributed by atoms with Crippen LogP contribution in [0.25, 0.3) is 0 Å². The van der Waals surface area contributed by atoms with E-state index in [9.17, 15) is 9.59 Å². The minimum atomic E-state index is -0.607. The lowest BCUT2D eigenvalue weighted by Gasteiger charge is -2.27. The molecule has 3 aliphatic rings. The van der Waals surface area contributed by atoms with E-state index in [-0.39, 0.29) is 23.8 Å². The topological polar surface area (TPSA) is 78.5 Å².